The van der Waals surface area contributed by atoms with E-state index in [0.29, 0.717) is 11.3 Å². The van der Waals surface area contributed by atoms with Gasteiger partial charge >= 0.3 is 0 Å². The van der Waals surface area contributed by atoms with Gasteiger partial charge < -0.3 is 9.47 Å². The zero-order valence-electron chi connectivity index (χ0n) is 12.3. The monoisotopic (exact) mass is 352 g/mol. The third-order valence-corrected chi connectivity index (χ3v) is 3.74. The molecule has 0 aliphatic heterocycles. The first-order valence-corrected chi connectivity index (χ1v) is 7.55. The third kappa shape index (κ3) is 3.53. The summed E-state index contributed by atoms with van der Waals surface area (Å²) in [5.74, 6) is -0.421. The van der Waals surface area contributed by atoms with Crippen molar-refractivity contribution in [1.29, 1.82) is 0 Å². The summed E-state index contributed by atoms with van der Waals surface area (Å²) in [6.45, 7) is 4.27. The van der Waals surface area contributed by atoms with Gasteiger partial charge in [-0.2, -0.15) is 0 Å². The number of carbonyl (C=O) groups is 1. The number of hydrogen-bond donors (Lipinski definition) is 0. The van der Waals surface area contributed by atoms with E-state index in [1.54, 1.807) is 31.3 Å². The largest absolute Gasteiger partial charge is 0.340 e. The van der Waals surface area contributed by atoms with Crippen LogP contribution in [0, 0.1) is 5.82 Å². The van der Waals surface area contributed by atoms with Crippen molar-refractivity contribution in [1.82, 2.24) is 9.47 Å². The number of rotatable bonds is 4. The van der Waals surface area contributed by atoms with Gasteiger partial charge in [-0.25, -0.2) is 4.39 Å². The highest BCUT2D eigenvalue weighted by molar-refractivity contribution is 9.10. The van der Waals surface area contributed by atoms with Crippen molar-refractivity contribution in [2.45, 2.75) is 26.4 Å². The molecule has 0 bridgehead atoms. The van der Waals surface area contributed by atoms with Crippen LogP contribution < -0.4 is 0 Å². The molecule has 0 radical (unpaired) electrons. The van der Waals surface area contributed by atoms with Gasteiger partial charge in [0.15, 0.2) is 0 Å². The lowest BCUT2D eigenvalue weighted by Crippen LogP contribution is -2.28. The molecule has 5 heteroatoms. The van der Waals surface area contributed by atoms with E-state index in [1.165, 1.54) is 11.0 Å². The van der Waals surface area contributed by atoms with Crippen molar-refractivity contribution in [2.75, 3.05) is 7.05 Å². The Bertz CT molecular complexity index is 651. The minimum atomic E-state index is -0.294. The normalized spacial score (nSPS) is 11.0. The number of nitrogens with zero attached hydrogens (tertiary/aromatic N) is 2. The Hall–Kier alpha value is -1.62. The molecule has 0 unspecified atom stereocenters. The minimum Gasteiger partial charge on any atom is -0.340 e. The molecule has 1 aromatic heterocycles. The van der Waals surface area contributed by atoms with E-state index >= 15 is 0 Å². The molecule has 0 aliphatic rings. The van der Waals surface area contributed by atoms with E-state index in [2.05, 4.69) is 15.9 Å². The lowest BCUT2D eigenvalue weighted by Gasteiger charge is -2.20. The highest BCUT2D eigenvalue weighted by atomic mass is 79.9. The maximum absolute atomic E-state index is 13.7. The molecule has 0 aliphatic carbocycles. The third-order valence-electron chi connectivity index (χ3n) is 3.30. The molecule has 112 valence electrons. The Labute approximate surface area is 132 Å². The molecular formula is C16H18BrFN2O. The van der Waals surface area contributed by atoms with Crippen molar-refractivity contribution < 1.29 is 9.18 Å². The molecule has 0 saturated heterocycles. The second kappa shape index (κ2) is 6.43. The number of halogens is 2. The van der Waals surface area contributed by atoms with E-state index in [9.17, 15) is 9.18 Å². The Morgan fingerprint density at radius 2 is 2.05 bits per heavy atom. The molecule has 1 aromatic carbocycles. The predicted molar refractivity (Wildman–Crippen MR) is 84.7 cm³/mol. The fourth-order valence-electron chi connectivity index (χ4n) is 2.19. The van der Waals surface area contributed by atoms with E-state index in [0.717, 1.165) is 4.47 Å². The second-order valence-electron chi connectivity index (χ2n) is 5.30. The van der Waals surface area contributed by atoms with Crippen LogP contribution in [0.25, 0.3) is 0 Å². The molecule has 0 fully saturated rings. The van der Waals surface area contributed by atoms with Crippen LogP contribution in [0.1, 0.15) is 35.9 Å². The van der Waals surface area contributed by atoms with Crippen LogP contribution in [0.4, 0.5) is 4.39 Å². The number of carbonyl (C=O) groups excluding carboxylic acids is 1. The zero-order valence-corrected chi connectivity index (χ0v) is 13.9. The first-order chi connectivity index (χ1) is 9.90. The van der Waals surface area contributed by atoms with Crippen LogP contribution in [0.5, 0.6) is 0 Å². The average Bonchev–Trinajstić information content (AvgIpc) is 2.82. The van der Waals surface area contributed by atoms with Crippen molar-refractivity contribution >= 4 is 21.8 Å². The summed E-state index contributed by atoms with van der Waals surface area (Å²) in [7, 11) is 1.68. The van der Waals surface area contributed by atoms with E-state index in [1.807, 2.05) is 24.6 Å². The van der Waals surface area contributed by atoms with Gasteiger partial charge in [0.25, 0.3) is 5.91 Å². The smallest absolute Gasteiger partial charge is 0.270 e. The minimum absolute atomic E-state index is 0.127. The Kier molecular flexibility index (Phi) is 4.83. The molecule has 1 heterocycles. The van der Waals surface area contributed by atoms with Gasteiger partial charge in [0, 0.05) is 35.9 Å². The number of aromatic nitrogens is 1. The van der Waals surface area contributed by atoms with Gasteiger partial charge in [0.1, 0.15) is 11.5 Å². The maximum Gasteiger partial charge on any atom is 0.270 e. The van der Waals surface area contributed by atoms with Crippen molar-refractivity contribution in [2.24, 2.45) is 0 Å². The van der Waals surface area contributed by atoms with Crippen LogP contribution in [0.15, 0.2) is 41.0 Å². The summed E-state index contributed by atoms with van der Waals surface area (Å²) in [6.07, 6.45) is 1.88. The van der Waals surface area contributed by atoms with E-state index < -0.39 is 0 Å². The van der Waals surface area contributed by atoms with Crippen LogP contribution >= 0.6 is 15.9 Å². The first kappa shape index (κ1) is 15.8. The topological polar surface area (TPSA) is 25.2 Å². The van der Waals surface area contributed by atoms with Crippen molar-refractivity contribution in [3.8, 4) is 0 Å². The van der Waals surface area contributed by atoms with Gasteiger partial charge in [0.2, 0.25) is 0 Å². The molecule has 0 atom stereocenters. The summed E-state index contributed by atoms with van der Waals surface area (Å²) in [5.41, 5.74) is 1.10. The van der Waals surface area contributed by atoms with Gasteiger partial charge in [0.05, 0.1) is 0 Å². The van der Waals surface area contributed by atoms with Gasteiger partial charge in [-0.1, -0.05) is 18.2 Å². The lowest BCUT2D eigenvalue weighted by molar-refractivity contribution is 0.0771. The molecule has 2 aromatic rings. The summed E-state index contributed by atoms with van der Waals surface area (Å²) in [5, 5.41) is 0. The molecule has 1 amide bonds. The van der Waals surface area contributed by atoms with Gasteiger partial charge in [-0.3, -0.25) is 4.79 Å². The SMILES string of the molecule is CC(C)n1cc(Br)cc1C(=O)N(C)Cc1ccccc1F. The molecule has 0 N–H and O–H groups in total. The fraction of sp³-hybridized carbons (Fsp3) is 0.312. The van der Waals surface area contributed by atoms with Crippen molar-refractivity contribution in [3.05, 3.63) is 58.1 Å². The maximum atomic E-state index is 13.7. The number of amides is 1. The van der Waals surface area contributed by atoms with Crippen LogP contribution in [0.3, 0.4) is 0 Å². The fourth-order valence-corrected chi connectivity index (χ4v) is 2.63. The second-order valence-corrected chi connectivity index (χ2v) is 6.21. The molecule has 3 nitrogen and oxygen atoms in total. The molecule has 2 rings (SSSR count). The van der Waals surface area contributed by atoms with Gasteiger partial charge in [-0.05, 0) is 41.9 Å². The molecule has 21 heavy (non-hydrogen) atoms. The quantitative estimate of drug-likeness (QED) is 0.807. The average molecular weight is 353 g/mol. The zero-order chi connectivity index (χ0) is 15.6. The van der Waals surface area contributed by atoms with Gasteiger partial charge in [-0.15, -0.1) is 0 Å². The molecule has 0 saturated carbocycles. The Morgan fingerprint density at radius 1 is 1.38 bits per heavy atom. The molecular weight excluding hydrogens is 335 g/mol. The standard InChI is InChI=1S/C16H18BrFN2O/c1-11(2)20-10-13(17)8-15(20)16(21)19(3)9-12-6-4-5-7-14(12)18/h4-8,10-11H,9H2,1-3H3. The Balaban J connectivity index is 2.22. The lowest BCUT2D eigenvalue weighted by atomic mass is 10.2. The summed E-state index contributed by atoms with van der Waals surface area (Å²) >= 11 is 3.40. The predicted octanol–water partition coefficient (Wildman–Crippen LogP) is 4.24. The van der Waals surface area contributed by atoms with Crippen LogP contribution in [-0.2, 0) is 6.54 Å². The van der Waals surface area contributed by atoms with Crippen LogP contribution in [0.2, 0.25) is 0 Å². The van der Waals surface area contributed by atoms with E-state index in [-0.39, 0.29) is 24.3 Å². The highest BCUT2D eigenvalue weighted by Crippen LogP contribution is 2.21. The van der Waals surface area contributed by atoms with Crippen LogP contribution in [-0.4, -0.2) is 22.4 Å². The summed E-state index contributed by atoms with van der Waals surface area (Å²) in [6, 6.07) is 8.47. The van der Waals surface area contributed by atoms with Crippen molar-refractivity contribution in [3.63, 3.8) is 0 Å². The number of hydrogen-bond acceptors (Lipinski definition) is 1. The Morgan fingerprint density at radius 3 is 2.67 bits per heavy atom. The molecule has 0 spiro atoms. The first-order valence-electron chi connectivity index (χ1n) is 6.76. The summed E-state index contributed by atoms with van der Waals surface area (Å²) in [4.78, 5) is 14.1. The summed E-state index contributed by atoms with van der Waals surface area (Å²) < 4.78 is 16.4. The highest BCUT2D eigenvalue weighted by Gasteiger charge is 2.19. The number of benzene rings is 1. The van der Waals surface area contributed by atoms with E-state index in [4.69, 9.17) is 0 Å².